The maximum Gasteiger partial charge on any atom is 0.134 e. The smallest absolute Gasteiger partial charge is 0.134 e. The number of benzene rings is 1. The summed E-state index contributed by atoms with van der Waals surface area (Å²) in [7, 11) is 0. The van der Waals surface area contributed by atoms with Crippen LogP contribution in [0.4, 0.5) is 0 Å². The number of aryl methyl sites for hydroxylation is 1. The van der Waals surface area contributed by atoms with Gasteiger partial charge in [0.15, 0.2) is 0 Å². The van der Waals surface area contributed by atoms with E-state index < -0.39 is 0 Å². The SMILES string of the molecule is CC.CCc1ccc(CC(C)=O)cc1. The fourth-order valence-electron chi connectivity index (χ4n) is 1.18. The van der Waals surface area contributed by atoms with E-state index in [1.165, 1.54) is 5.56 Å². The molecule has 0 fully saturated rings. The fraction of sp³-hybridized carbons (Fsp3) is 0.462. The van der Waals surface area contributed by atoms with Gasteiger partial charge < -0.3 is 0 Å². The lowest BCUT2D eigenvalue weighted by molar-refractivity contribution is -0.116. The van der Waals surface area contributed by atoms with E-state index in [0.29, 0.717) is 6.42 Å². The Labute approximate surface area is 87.2 Å². The normalized spacial score (nSPS) is 8.86. The predicted octanol–water partition coefficient (Wildman–Crippen LogP) is 3.41. The highest BCUT2D eigenvalue weighted by Gasteiger charge is 1.96. The van der Waals surface area contributed by atoms with Gasteiger partial charge in [-0.25, -0.2) is 0 Å². The largest absolute Gasteiger partial charge is 0.300 e. The van der Waals surface area contributed by atoms with E-state index in [2.05, 4.69) is 19.1 Å². The van der Waals surface area contributed by atoms with Crippen LogP contribution in [0.3, 0.4) is 0 Å². The van der Waals surface area contributed by atoms with Crippen LogP contribution >= 0.6 is 0 Å². The zero-order valence-corrected chi connectivity index (χ0v) is 9.63. The standard InChI is InChI=1S/C11H14O.C2H6/c1-3-10-4-6-11(7-5-10)8-9(2)12;1-2/h4-7H,3,8H2,1-2H3;1-2H3. The van der Waals surface area contributed by atoms with Gasteiger partial charge in [-0.2, -0.15) is 0 Å². The summed E-state index contributed by atoms with van der Waals surface area (Å²) >= 11 is 0. The van der Waals surface area contributed by atoms with Crippen molar-refractivity contribution >= 4 is 5.78 Å². The van der Waals surface area contributed by atoms with E-state index >= 15 is 0 Å². The molecule has 0 saturated carbocycles. The summed E-state index contributed by atoms with van der Waals surface area (Å²) in [6.45, 7) is 7.74. The van der Waals surface area contributed by atoms with Crippen LogP contribution in [0, 0.1) is 0 Å². The molecule has 0 aliphatic rings. The van der Waals surface area contributed by atoms with Gasteiger partial charge in [0.05, 0.1) is 0 Å². The molecule has 1 rings (SSSR count). The molecule has 0 unspecified atom stereocenters. The lowest BCUT2D eigenvalue weighted by atomic mass is 10.1. The number of hydrogen-bond acceptors (Lipinski definition) is 1. The molecule has 0 radical (unpaired) electrons. The summed E-state index contributed by atoms with van der Waals surface area (Å²) in [5.41, 5.74) is 2.43. The molecule has 0 heterocycles. The minimum Gasteiger partial charge on any atom is -0.300 e. The molecule has 0 aromatic heterocycles. The number of hydrogen-bond donors (Lipinski definition) is 0. The predicted molar refractivity (Wildman–Crippen MR) is 61.6 cm³/mol. The van der Waals surface area contributed by atoms with Crippen LogP contribution in [0.2, 0.25) is 0 Å². The summed E-state index contributed by atoms with van der Waals surface area (Å²) in [4.78, 5) is 10.8. The van der Waals surface area contributed by atoms with Crippen molar-refractivity contribution in [2.75, 3.05) is 0 Å². The third-order valence-electron chi connectivity index (χ3n) is 1.88. The zero-order valence-electron chi connectivity index (χ0n) is 9.63. The lowest BCUT2D eigenvalue weighted by Gasteiger charge is -1.99. The fourth-order valence-corrected chi connectivity index (χ4v) is 1.18. The van der Waals surface area contributed by atoms with Gasteiger partial charge in [-0.15, -0.1) is 0 Å². The summed E-state index contributed by atoms with van der Waals surface area (Å²) in [5.74, 6) is 0.222. The van der Waals surface area contributed by atoms with Crippen molar-refractivity contribution in [3.63, 3.8) is 0 Å². The number of rotatable bonds is 3. The highest BCUT2D eigenvalue weighted by atomic mass is 16.1. The molecule has 1 nitrogen and oxygen atoms in total. The Bertz CT molecular complexity index is 259. The first kappa shape index (κ1) is 12.9. The van der Waals surface area contributed by atoms with Crippen molar-refractivity contribution in [3.8, 4) is 0 Å². The number of ketones is 1. The average molecular weight is 192 g/mol. The minimum absolute atomic E-state index is 0.222. The van der Waals surface area contributed by atoms with Crippen molar-refractivity contribution < 1.29 is 4.79 Å². The van der Waals surface area contributed by atoms with Crippen molar-refractivity contribution in [1.29, 1.82) is 0 Å². The Kier molecular flexibility index (Phi) is 6.73. The number of Topliss-reactive ketones (excluding diaryl/α,β-unsaturated/α-hetero) is 1. The Hall–Kier alpha value is -1.11. The van der Waals surface area contributed by atoms with Gasteiger partial charge in [0.1, 0.15) is 5.78 Å². The van der Waals surface area contributed by atoms with E-state index in [1.807, 2.05) is 26.0 Å². The molecule has 0 saturated heterocycles. The minimum atomic E-state index is 0.222. The van der Waals surface area contributed by atoms with E-state index in [0.717, 1.165) is 12.0 Å². The van der Waals surface area contributed by atoms with Crippen LogP contribution in [0.15, 0.2) is 24.3 Å². The maximum atomic E-state index is 10.8. The van der Waals surface area contributed by atoms with Gasteiger partial charge >= 0.3 is 0 Å². The van der Waals surface area contributed by atoms with Crippen molar-refractivity contribution in [2.24, 2.45) is 0 Å². The van der Waals surface area contributed by atoms with Crippen LogP contribution in [-0.2, 0) is 17.6 Å². The molecule has 0 aliphatic heterocycles. The van der Waals surface area contributed by atoms with E-state index in [1.54, 1.807) is 6.92 Å². The van der Waals surface area contributed by atoms with Crippen LogP contribution in [0.25, 0.3) is 0 Å². The first-order valence-corrected chi connectivity index (χ1v) is 5.29. The highest BCUT2D eigenvalue weighted by Crippen LogP contribution is 2.05. The molecule has 0 N–H and O–H groups in total. The van der Waals surface area contributed by atoms with Gasteiger partial charge in [0.2, 0.25) is 0 Å². The van der Waals surface area contributed by atoms with Crippen molar-refractivity contribution in [2.45, 2.75) is 40.5 Å². The molecule has 0 amide bonds. The summed E-state index contributed by atoms with van der Waals surface area (Å²) in [5, 5.41) is 0. The monoisotopic (exact) mass is 192 g/mol. The first-order valence-electron chi connectivity index (χ1n) is 5.29. The van der Waals surface area contributed by atoms with Gasteiger partial charge in [-0.3, -0.25) is 4.79 Å². The third-order valence-corrected chi connectivity index (χ3v) is 1.88. The maximum absolute atomic E-state index is 10.8. The molecule has 1 aromatic carbocycles. The van der Waals surface area contributed by atoms with Gasteiger partial charge in [0, 0.05) is 6.42 Å². The molecule has 14 heavy (non-hydrogen) atoms. The highest BCUT2D eigenvalue weighted by molar-refractivity contribution is 5.78. The Morgan fingerprint density at radius 1 is 1.07 bits per heavy atom. The molecule has 1 heteroatoms. The topological polar surface area (TPSA) is 17.1 Å². The third kappa shape index (κ3) is 4.80. The summed E-state index contributed by atoms with van der Waals surface area (Å²) < 4.78 is 0. The molecule has 0 bridgehead atoms. The van der Waals surface area contributed by atoms with Crippen molar-refractivity contribution in [3.05, 3.63) is 35.4 Å². The molecule has 0 atom stereocenters. The number of carbonyl (C=O) groups excluding carboxylic acids is 1. The molecular weight excluding hydrogens is 172 g/mol. The molecule has 0 aliphatic carbocycles. The second-order valence-electron chi connectivity index (χ2n) is 3.05. The quantitative estimate of drug-likeness (QED) is 0.717. The van der Waals surface area contributed by atoms with E-state index in [9.17, 15) is 4.79 Å². The second-order valence-corrected chi connectivity index (χ2v) is 3.05. The van der Waals surface area contributed by atoms with Gasteiger partial charge in [0.25, 0.3) is 0 Å². The van der Waals surface area contributed by atoms with Crippen molar-refractivity contribution in [1.82, 2.24) is 0 Å². The second kappa shape index (κ2) is 7.31. The van der Waals surface area contributed by atoms with E-state index in [4.69, 9.17) is 0 Å². The van der Waals surface area contributed by atoms with Crippen LogP contribution < -0.4 is 0 Å². The summed E-state index contributed by atoms with van der Waals surface area (Å²) in [6, 6.07) is 8.22. The summed E-state index contributed by atoms with van der Waals surface area (Å²) in [6.07, 6.45) is 1.62. The van der Waals surface area contributed by atoms with Crippen LogP contribution in [0.5, 0.6) is 0 Å². The lowest BCUT2D eigenvalue weighted by Crippen LogP contribution is -1.95. The molecule has 0 spiro atoms. The first-order chi connectivity index (χ1) is 6.72. The van der Waals surface area contributed by atoms with Gasteiger partial charge in [-0.05, 0) is 24.5 Å². The Morgan fingerprint density at radius 2 is 1.50 bits per heavy atom. The Morgan fingerprint density at radius 3 is 1.86 bits per heavy atom. The average Bonchev–Trinajstić information content (AvgIpc) is 2.21. The van der Waals surface area contributed by atoms with Gasteiger partial charge in [-0.1, -0.05) is 45.0 Å². The molecule has 78 valence electrons. The molecule has 1 aromatic rings. The van der Waals surface area contributed by atoms with Crippen LogP contribution in [-0.4, -0.2) is 5.78 Å². The number of carbonyl (C=O) groups is 1. The van der Waals surface area contributed by atoms with E-state index in [-0.39, 0.29) is 5.78 Å². The zero-order chi connectivity index (χ0) is 11.0. The Balaban J connectivity index is 0.000000791. The molecular formula is C13H20O. The van der Waals surface area contributed by atoms with Crippen LogP contribution in [0.1, 0.15) is 38.8 Å².